The van der Waals surface area contributed by atoms with Crippen molar-refractivity contribution in [1.29, 1.82) is 0 Å². The van der Waals surface area contributed by atoms with Gasteiger partial charge in [-0.15, -0.1) is 0 Å². The van der Waals surface area contributed by atoms with E-state index in [4.69, 9.17) is 5.11 Å². The minimum absolute atomic E-state index is 0.0382. The van der Waals surface area contributed by atoms with Crippen LogP contribution >= 0.6 is 0 Å². The summed E-state index contributed by atoms with van der Waals surface area (Å²) in [6.07, 6.45) is 0.305. The number of carboxylic acid groups (broad SMARTS) is 1. The van der Waals surface area contributed by atoms with E-state index in [-0.39, 0.29) is 23.8 Å². The average Bonchev–Trinajstić information content (AvgIpc) is 2.26. The molecule has 1 aromatic heterocycles. The second kappa shape index (κ2) is 5.58. The summed E-state index contributed by atoms with van der Waals surface area (Å²) in [4.78, 5) is 14.5. The molecule has 0 bridgehead atoms. The number of hydrogen-bond donors (Lipinski definition) is 3. The highest BCUT2D eigenvalue weighted by Crippen LogP contribution is 2.14. The fourth-order valence-electron chi connectivity index (χ4n) is 1.18. The van der Waals surface area contributed by atoms with Gasteiger partial charge in [0.25, 0.3) is 0 Å². The van der Waals surface area contributed by atoms with Gasteiger partial charge in [-0.3, -0.25) is 0 Å². The molecule has 17 heavy (non-hydrogen) atoms. The third-order valence-electron chi connectivity index (χ3n) is 2.33. The predicted molar refractivity (Wildman–Crippen MR) is 60.5 cm³/mol. The number of hydrogen-bond acceptors (Lipinski definition) is 4. The van der Waals surface area contributed by atoms with E-state index < -0.39 is 17.9 Å². The number of aliphatic hydroxyl groups is 1. The molecule has 1 atom stereocenters. The maximum Gasteiger partial charge on any atom is 0.339 e. The van der Waals surface area contributed by atoms with Gasteiger partial charge in [0, 0.05) is 6.54 Å². The summed E-state index contributed by atoms with van der Waals surface area (Å²) in [7, 11) is 0. The number of aromatic carboxylic acids is 1. The van der Waals surface area contributed by atoms with Crippen molar-refractivity contribution in [3.8, 4) is 0 Å². The molecule has 0 saturated carbocycles. The molecule has 0 aromatic carbocycles. The first kappa shape index (κ1) is 13.4. The molecule has 6 heteroatoms. The predicted octanol–water partition coefficient (Wildman–Crippen LogP) is 1.35. The van der Waals surface area contributed by atoms with Crippen molar-refractivity contribution in [3.05, 3.63) is 23.6 Å². The molecule has 3 N–H and O–H groups in total. The Bertz CT molecular complexity index is 410. The van der Waals surface area contributed by atoms with Crippen LogP contribution in [-0.2, 0) is 0 Å². The molecule has 94 valence electrons. The lowest BCUT2D eigenvalue weighted by molar-refractivity contribution is 0.0696. The largest absolute Gasteiger partial charge is 0.478 e. The molecular formula is C11H15FN2O3. The van der Waals surface area contributed by atoms with Crippen LogP contribution in [0.1, 0.15) is 24.2 Å². The van der Waals surface area contributed by atoms with Gasteiger partial charge in [-0.2, -0.15) is 0 Å². The average molecular weight is 242 g/mol. The molecule has 0 amide bonds. The number of nitrogens with zero attached hydrogens (tertiary/aromatic N) is 1. The Morgan fingerprint density at radius 2 is 2.24 bits per heavy atom. The lowest BCUT2D eigenvalue weighted by Gasteiger charge is -2.16. The summed E-state index contributed by atoms with van der Waals surface area (Å²) in [5.41, 5.74) is -0.249. The van der Waals surface area contributed by atoms with Crippen LogP contribution in [0.15, 0.2) is 12.3 Å². The fourth-order valence-corrected chi connectivity index (χ4v) is 1.18. The summed E-state index contributed by atoms with van der Waals surface area (Å²) in [6, 6.07) is 0.888. The highest BCUT2D eigenvalue weighted by molar-refractivity contribution is 5.93. The zero-order chi connectivity index (χ0) is 13.0. The molecule has 0 fully saturated rings. The van der Waals surface area contributed by atoms with Gasteiger partial charge in [-0.05, 0) is 12.0 Å². The summed E-state index contributed by atoms with van der Waals surface area (Å²) in [6.45, 7) is 3.83. The number of nitrogens with one attached hydrogen (secondary N) is 1. The number of rotatable bonds is 5. The molecule has 0 radical (unpaired) electrons. The lowest BCUT2D eigenvalue weighted by atomic mass is 10.1. The number of aromatic nitrogens is 1. The Balaban J connectivity index is 2.80. The van der Waals surface area contributed by atoms with Crippen molar-refractivity contribution in [2.75, 3.05) is 11.9 Å². The SMILES string of the molecule is CC(C)C(O)CNc1ncc(F)cc1C(=O)O. The molecule has 0 aliphatic heterocycles. The van der Waals surface area contributed by atoms with E-state index in [0.29, 0.717) is 0 Å². The molecule has 0 saturated heterocycles. The van der Waals surface area contributed by atoms with Crippen molar-refractivity contribution in [2.45, 2.75) is 20.0 Å². The highest BCUT2D eigenvalue weighted by Gasteiger charge is 2.15. The van der Waals surface area contributed by atoms with Gasteiger partial charge in [-0.25, -0.2) is 14.2 Å². The first-order valence-corrected chi connectivity index (χ1v) is 5.22. The number of carboxylic acids is 1. The van der Waals surface area contributed by atoms with Gasteiger partial charge in [0.2, 0.25) is 0 Å². The van der Waals surface area contributed by atoms with Gasteiger partial charge in [0.15, 0.2) is 0 Å². The normalized spacial score (nSPS) is 12.5. The second-order valence-corrected chi connectivity index (χ2v) is 4.05. The van der Waals surface area contributed by atoms with Crippen molar-refractivity contribution < 1.29 is 19.4 Å². The Hall–Kier alpha value is -1.69. The van der Waals surface area contributed by atoms with Crippen LogP contribution in [0, 0.1) is 11.7 Å². The van der Waals surface area contributed by atoms with Crippen molar-refractivity contribution in [3.63, 3.8) is 0 Å². The van der Waals surface area contributed by atoms with Crippen molar-refractivity contribution in [1.82, 2.24) is 4.98 Å². The number of halogens is 1. The lowest BCUT2D eigenvalue weighted by Crippen LogP contribution is -2.25. The van der Waals surface area contributed by atoms with Gasteiger partial charge < -0.3 is 15.5 Å². The van der Waals surface area contributed by atoms with Crippen molar-refractivity contribution >= 4 is 11.8 Å². The Morgan fingerprint density at radius 1 is 1.59 bits per heavy atom. The maximum atomic E-state index is 12.8. The number of anilines is 1. The zero-order valence-corrected chi connectivity index (χ0v) is 9.64. The van der Waals surface area contributed by atoms with E-state index >= 15 is 0 Å². The van der Waals surface area contributed by atoms with E-state index in [2.05, 4.69) is 10.3 Å². The molecule has 5 nitrogen and oxygen atoms in total. The number of aliphatic hydroxyl groups excluding tert-OH is 1. The Morgan fingerprint density at radius 3 is 2.76 bits per heavy atom. The van der Waals surface area contributed by atoms with Crippen LogP contribution < -0.4 is 5.32 Å². The van der Waals surface area contributed by atoms with Crippen LogP contribution in [0.25, 0.3) is 0 Å². The van der Waals surface area contributed by atoms with Crippen LogP contribution in [0.4, 0.5) is 10.2 Å². The topological polar surface area (TPSA) is 82.5 Å². The summed E-state index contributed by atoms with van der Waals surface area (Å²) >= 11 is 0. The van der Waals surface area contributed by atoms with Crippen LogP contribution in [0.3, 0.4) is 0 Å². The minimum atomic E-state index is -1.27. The molecule has 1 aromatic rings. The smallest absolute Gasteiger partial charge is 0.339 e. The molecule has 0 aliphatic carbocycles. The van der Waals surface area contributed by atoms with Gasteiger partial charge in [0.1, 0.15) is 17.2 Å². The van der Waals surface area contributed by atoms with E-state index in [1.807, 2.05) is 13.8 Å². The highest BCUT2D eigenvalue weighted by atomic mass is 19.1. The van der Waals surface area contributed by atoms with Gasteiger partial charge in [0.05, 0.1) is 12.3 Å². The summed E-state index contributed by atoms with van der Waals surface area (Å²) in [5, 5.41) is 21.1. The van der Waals surface area contributed by atoms with E-state index in [0.717, 1.165) is 12.3 Å². The molecule has 0 spiro atoms. The van der Waals surface area contributed by atoms with Crippen LogP contribution in [0.2, 0.25) is 0 Å². The van der Waals surface area contributed by atoms with E-state index in [1.54, 1.807) is 0 Å². The first-order chi connectivity index (χ1) is 7.91. The van der Waals surface area contributed by atoms with Crippen molar-refractivity contribution in [2.24, 2.45) is 5.92 Å². The monoisotopic (exact) mass is 242 g/mol. The summed E-state index contributed by atoms with van der Waals surface area (Å²) < 4.78 is 12.8. The molecule has 0 aliphatic rings. The summed E-state index contributed by atoms with van der Waals surface area (Å²) in [5.74, 6) is -1.88. The fraction of sp³-hybridized carbons (Fsp3) is 0.455. The second-order valence-electron chi connectivity index (χ2n) is 4.05. The standard InChI is InChI=1S/C11H15FN2O3/c1-6(2)9(15)5-14-10-8(11(16)17)3-7(12)4-13-10/h3-4,6,9,15H,5H2,1-2H3,(H,13,14)(H,16,17). The van der Waals surface area contributed by atoms with Gasteiger partial charge >= 0.3 is 5.97 Å². The molecular weight excluding hydrogens is 227 g/mol. The van der Waals surface area contributed by atoms with E-state index in [9.17, 15) is 14.3 Å². The molecule has 1 heterocycles. The minimum Gasteiger partial charge on any atom is -0.478 e. The zero-order valence-electron chi connectivity index (χ0n) is 9.64. The third kappa shape index (κ3) is 3.67. The van der Waals surface area contributed by atoms with Crippen LogP contribution in [0.5, 0.6) is 0 Å². The third-order valence-corrected chi connectivity index (χ3v) is 2.33. The van der Waals surface area contributed by atoms with Crippen LogP contribution in [-0.4, -0.2) is 33.8 Å². The Labute approximate surface area is 98.3 Å². The quantitative estimate of drug-likeness (QED) is 0.726. The maximum absolute atomic E-state index is 12.8. The molecule has 1 rings (SSSR count). The molecule has 1 unspecified atom stereocenters. The first-order valence-electron chi connectivity index (χ1n) is 5.22. The number of pyridine rings is 1. The Kier molecular flexibility index (Phi) is 4.39. The number of carbonyl (C=O) groups is 1. The van der Waals surface area contributed by atoms with E-state index in [1.165, 1.54) is 0 Å². The van der Waals surface area contributed by atoms with Gasteiger partial charge in [-0.1, -0.05) is 13.8 Å².